The molecule has 2 aromatic rings. The average Bonchev–Trinajstić information content (AvgIpc) is 2.77. The van der Waals surface area contributed by atoms with Gasteiger partial charge < -0.3 is 5.32 Å². The lowest BCUT2D eigenvalue weighted by molar-refractivity contribution is 0.621. The number of aryl methyl sites for hydroxylation is 1. The topological polar surface area (TPSA) is 24.9 Å². The molecule has 0 atom stereocenters. The molecule has 5 heteroatoms. The Morgan fingerprint density at radius 3 is 2.84 bits per heavy atom. The molecular weight excluding hydrogens is 327 g/mol. The summed E-state index contributed by atoms with van der Waals surface area (Å²) in [5.41, 5.74) is 2.11. The second kappa shape index (κ2) is 6.59. The molecule has 2 rings (SSSR count). The van der Waals surface area contributed by atoms with Crippen molar-refractivity contribution >= 4 is 27.3 Å². The summed E-state index contributed by atoms with van der Waals surface area (Å²) < 4.78 is 13.7. The highest BCUT2D eigenvalue weighted by Crippen LogP contribution is 2.31. The molecule has 0 bridgehead atoms. The lowest BCUT2D eigenvalue weighted by atomic mass is 10.2. The Kier molecular flexibility index (Phi) is 5.07. The van der Waals surface area contributed by atoms with E-state index in [1.54, 1.807) is 23.5 Å². The Balaban J connectivity index is 2.38. The van der Waals surface area contributed by atoms with Crippen LogP contribution in [0.2, 0.25) is 0 Å². The van der Waals surface area contributed by atoms with Gasteiger partial charge in [-0.2, -0.15) is 0 Å². The zero-order chi connectivity index (χ0) is 13.8. The van der Waals surface area contributed by atoms with Crippen molar-refractivity contribution in [3.63, 3.8) is 0 Å². The molecule has 0 fully saturated rings. The number of halogens is 2. The van der Waals surface area contributed by atoms with Crippen molar-refractivity contribution < 1.29 is 4.39 Å². The lowest BCUT2D eigenvalue weighted by Gasteiger charge is -1.98. The molecule has 0 saturated carbocycles. The predicted molar refractivity (Wildman–Crippen MR) is 82.0 cm³/mol. The van der Waals surface area contributed by atoms with Crippen LogP contribution in [0.25, 0.3) is 10.6 Å². The molecule has 19 heavy (non-hydrogen) atoms. The molecule has 1 aromatic carbocycles. The summed E-state index contributed by atoms with van der Waals surface area (Å²) in [4.78, 5) is 5.96. The molecule has 0 aliphatic rings. The summed E-state index contributed by atoms with van der Waals surface area (Å²) in [6, 6.07) is 5.03. The van der Waals surface area contributed by atoms with Gasteiger partial charge >= 0.3 is 0 Å². The van der Waals surface area contributed by atoms with Gasteiger partial charge in [0, 0.05) is 17.0 Å². The molecule has 102 valence electrons. The van der Waals surface area contributed by atoms with Crippen LogP contribution in [-0.4, -0.2) is 12.0 Å². The maximum Gasteiger partial charge on any atom is 0.137 e. The molecule has 0 spiro atoms. The Morgan fingerprint density at radius 2 is 2.21 bits per heavy atom. The van der Waals surface area contributed by atoms with Crippen LogP contribution in [0.15, 0.2) is 22.7 Å². The van der Waals surface area contributed by atoms with Gasteiger partial charge in [-0.15, -0.1) is 11.3 Å². The van der Waals surface area contributed by atoms with E-state index in [0.29, 0.717) is 4.47 Å². The number of hydrogen-bond acceptors (Lipinski definition) is 3. The summed E-state index contributed by atoms with van der Waals surface area (Å²) in [6.45, 7) is 2.98. The number of nitrogens with one attached hydrogen (secondary N) is 1. The monoisotopic (exact) mass is 342 g/mol. The van der Waals surface area contributed by atoms with Crippen LogP contribution in [0.4, 0.5) is 4.39 Å². The average molecular weight is 343 g/mol. The van der Waals surface area contributed by atoms with Crippen molar-refractivity contribution in [3.05, 3.63) is 39.1 Å². The van der Waals surface area contributed by atoms with Gasteiger partial charge in [0.25, 0.3) is 0 Å². The van der Waals surface area contributed by atoms with Crippen LogP contribution in [0.5, 0.6) is 0 Å². The van der Waals surface area contributed by atoms with Gasteiger partial charge in [0.05, 0.1) is 10.2 Å². The van der Waals surface area contributed by atoms with E-state index >= 15 is 0 Å². The predicted octanol–water partition coefficient (Wildman–Crippen LogP) is 4.38. The van der Waals surface area contributed by atoms with Gasteiger partial charge in [0.15, 0.2) is 0 Å². The normalized spacial score (nSPS) is 10.9. The van der Waals surface area contributed by atoms with E-state index in [1.165, 1.54) is 10.9 Å². The van der Waals surface area contributed by atoms with Crippen molar-refractivity contribution in [1.82, 2.24) is 10.3 Å². The number of thiazole rings is 1. The molecular formula is C14H16BrFN2S. The van der Waals surface area contributed by atoms with Crippen LogP contribution in [0.1, 0.15) is 23.9 Å². The summed E-state index contributed by atoms with van der Waals surface area (Å²) in [5, 5.41) is 4.12. The first-order chi connectivity index (χ1) is 9.15. The second-order valence-electron chi connectivity index (χ2n) is 4.30. The third kappa shape index (κ3) is 3.41. The van der Waals surface area contributed by atoms with Gasteiger partial charge in [-0.05, 0) is 47.6 Å². The van der Waals surface area contributed by atoms with E-state index in [0.717, 1.165) is 35.7 Å². The molecule has 1 N–H and O–H groups in total. The Morgan fingerprint density at radius 1 is 1.42 bits per heavy atom. The highest BCUT2D eigenvalue weighted by atomic mass is 79.9. The molecule has 0 saturated heterocycles. The zero-order valence-electron chi connectivity index (χ0n) is 11.0. The Hall–Kier alpha value is -0.780. The van der Waals surface area contributed by atoms with Crippen molar-refractivity contribution in [2.75, 3.05) is 7.05 Å². The van der Waals surface area contributed by atoms with E-state index in [2.05, 4.69) is 28.2 Å². The molecule has 0 amide bonds. The van der Waals surface area contributed by atoms with Crippen molar-refractivity contribution in [2.45, 2.75) is 26.3 Å². The fraction of sp³-hybridized carbons (Fsp3) is 0.357. The van der Waals surface area contributed by atoms with Crippen molar-refractivity contribution in [2.24, 2.45) is 0 Å². The fourth-order valence-corrected chi connectivity index (χ4v) is 3.36. The maximum absolute atomic E-state index is 13.3. The van der Waals surface area contributed by atoms with Gasteiger partial charge in [-0.1, -0.05) is 13.3 Å². The van der Waals surface area contributed by atoms with E-state index < -0.39 is 0 Å². The third-order valence-corrected chi connectivity index (χ3v) is 4.52. The van der Waals surface area contributed by atoms with Gasteiger partial charge in [-0.3, -0.25) is 0 Å². The highest BCUT2D eigenvalue weighted by molar-refractivity contribution is 9.10. The quantitative estimate of drug-likeness (QED) is 0.871. The van der Waals surface area contributed by atoms with Gasteiger partial charge in [0.2, 0.25) is 0 Å². The van der Waals surface area contributed by atoms with Crippen LogP contribution >= 0.6 is 27.3 Å². The Labute approximate surface area is 125 Å². The Bertz CT molecular complexity index is 545. The first-order valence-corrected chi connectivity index (χ1v) is 7.85. The van der Waals surface area contributed by atoms with Crippen LogP contribution in [0, 0.1) is 5.82 Å². The maximum atomic E-state index is 13.3. The SMILES string of the molecule is CCCc1nc(-c2ccc(F)c(Br)c2)sc1CNC. The molecule has 0 aliphatic carbocycles. The van der Waals surface area contributed by atoms with Crippen LogP contribution in [-0.2, 0) is 13.0 Å². The number of aromatic nitrogens is 1. The molecule has 0 radical (unpaired) electrons. The lowest BCUT2D eigenvalue weighted by Crippen LogP contribution is -2.05. The van der Waals surface area contributed by atoms with E-state index in [9.17, 15) is 4.39 Å². The zero-order valence-corrected chi connectivity index (χ0v) is 13.4. The first kappa shape index (κ1) is 14.6. The summed E-state index contributed by atoms with van der Waals surface area (Å²) in [5.74, 6) is -0.246. The minimum Gasteiger partial charge on any atom is -0.315 e. The minimum atomic E-state index is -0.246. The molecule has 1 heterocycles. The second-order valence-corrected chi connectivity index (χ2v) is 6.24. The molecule has 0 unspecified atom stereocenters. The van der Waals surface area contributed by atoms with Crippen LogP contribution in [0.3, 0.4) is 0 Å². The number of nitrogens with zero attached hydrogens (tertiary/aromatic N) is 1. The van der Waals surface area contributed by atoms with Crippen molar-refractivity contribution in [1.29, 1.82) is 0 Å². The molecule has 0 aliphatic heterocycles. The van der Waals surface area contributed by atoms with E-state index in [4.69, 9.17) is 4.98 Å². The number of benzene rings is 1. The summed E-state index contributed by atoms with van der Waals surface area (Å²) in [7, 11) is 1.93. The fourth-order valence-electron chi connectivity index (χ4n) is 1.87. The first-order valence-electron chi connectivity index (χ1n) is 6.24. The molecule has 2 nitrogen and oxygen atoms in total. The number of hydrogen-bond donors (Lipinski definition) is 1. The van der Waals surface area contributed by atoms with Crippen molar-refractivity contribution in [3.8, 4) is 10.6 Å². The van der Waals surface area contributed by atoms with E-state index in [1.807, 2.05) is 7.05 Å². The van der Waals surface area contributed by atoms with Crippen LogP contribution < -0.4 is 5.32 Å². The molecule has 1 aromatic heterocycles. The standard InChI is InChI=1S/C14H16BrFN2S/c1-3-4-12-13(8-17-2)19-14(18-12)9-5-6-11(16)10(15)7-9/h5-7,17H,3-4,8H2,1-2H3. The smallest absolute Gasteiger partial charge is 0.137 e. The minimum absolute atomic E-state index is 0.246. The van der Waals surface area contributed by atoms with Gasteiger partial charge in [0.1, 0.15) is 10.8 Å². The largest absolute Gasteiger partial charge is 0.315 e. The van der Waals surface area contributed by atoms with Gasteiger partial charge in [-0.25, -0.2) is 9.37 Å². The summed E-state index contributed by atoms with van der Waals surface area (Å²) >= 11 is 4.89. The van der Waals surface area contributed by atoms with E-state index in [-0.39, 0.29) is 5.82 Å². The highest BCUT2D eigenvalue weighted by Gasteiger charge is 2.12. The third-order valence-electron chi connectivity index (χ3n) is 2.77. The summed E-state index contributed by atoms with van der Waals surface area (Å²) in [6.07, 6.45) is 2.06. The number of rotatable bonds is 5.